The first-order valence-corrected chi connectivity index (χ1v) is 8.31. The summed E-state index contributed by atoms with van der Waals surface area (Å²) in [6.45, 7) is 4.93. The minimum Gasteiger partial charge on any atom is -0.546 e. The zero-order valence-electron chi connectivity index (χ0n) is 15.4. The molecule has 142 valence electrons. The van der Waals surface area contributed by atoms with Crippen molar-refractivity contribution in [2.45, 2.75) is 20.8 Å². The minimum absolute atomic E-state index is 0.158. The second kappa shape index (κ2) is 9.38. The van der Waals surface area contributed by atoms with Gasteiger partial charge in [-0.1, -0.05) is 18.2 Å². The molecule has 0 atom stereocenters. The molecule has 0 heterocycles. The van der Waals surface area contributed by atoms with Crippen LogP contribution in [0.5, 0.6) is 11.5 Å². The van der Waals surface area contributed by atoms with E-state index in [2.05, 4.69) is 10.5 Å². The Hall–Kier alpha value is -3.35. The smallest absolute Gasteiger partial charge is 0.277 e. The number of carbonyl (C=O) groups is 2. The van der Waals surface area contributed by atoms with Crippen molar-refractivity contribution in [3.63, 3.8) is 0 Å². The molecule has 2 aromatic carbocycles. The summed E-state index contributed by atoms with van der Waals surface area (Å²) in [5.41, 5.74) is 5.76. The number of benzene rings is 2. The summed E-state index contributed by atoms with van der Waals surface area (Å²) in [4.78, 5) is 22.4. The van der Waals surface area contributed by atoms with Crippen LogP contribution in [0.4, 0.5) is 0 Å². The van der Waals surface area contributed by atoms with E-state index >= 15 is 0 Å². The average molecular weight is 369 g/mol. The fourth-order valence-corrected chi connectivity index (χ4v) is 2.36. The molecule has 7 heteroatoms. The van der Waals surface area contributed by atoms with Crippen LogP contribution in [0.2, 0.25) is 0 Å². The van der Waals surface area contributed by atoms with Gasteiger partial charge in [0.25, 0.3) is 5.91 Å². The van der Waals surface area contributed by atoms with Gasteiger partial charge >= 0.3 is 0 Å². The standard InChI is InChI=1S/C20H22N2O5/c1-13-7-14(2)9-18(8-13)26-11-19(23)22-21-15(3)16-5-4-6-17(10-16)27-12-20(24)25/h4-10H,11-12H2,1-3H3,(H,22,23)(H,24,25)/p-1/b21-15-. The number of carbonyl (C=O) groups excluding carboxylic acids is 2. The Bertz CT molecular complexity index is 841. The van der Waals surface area contributed by atoms with Crippen molar-refractivity contribution in [1.29, 1.82) is 0 Å². The minimum atomic E-state index is -1.30. The van der Waals surface area contributed by atoms with Crippen LogP contribution in [0, 0.1) is 13.8 Å². The Balaban J connectivity index is 1.91. The lowest BCUT2D eigenvalue weighted by Gasteiger charge is -2.09. The Morgan fingerprint density at radius 2 is 1.67 bits per heavy atom. The molecule has 0 unspecified atom stereocenters. The average Bonchev–Trinajstić information content (AvgIpc) is 2.62. The molecule has 0 radical (unpaired) electrons. The van der Waals surface area contributed by atoms with Crippen molar-refractivity contribution in [2.24, 2.45) is 5.10 Å². The Labute approximate surface area is 157 Å². The second-order valence-corrected chi connectivity index (χ2v) is 6.03. The summed E-state index contributed by atoms with van der Waals surface area (Å²) in [5, 5.41) is 14.5. The zero-order valence-corrected chi connectivity index (χ0v) is 15.4. The van der Waals surface area contributed by atoms with Crippen molar-refractivity contribution in [3.8, 4) is 11.5 Å². The Kier molecular flexibility index (Phi) is 6.93. The summed E-state index contributed by atoms with van der Waals surface area (Å²) in [6, 6.07) is 12.4. The number of carboxylic acid groups (broad SMARTS) is 1. The van der Waals surface area contributed by atoms with Crippen LogP contribution >= 0.6 is 0 Å². The normalized spacial score (nSPS) is 11.0. The molecular formula is C20H21N2O5-. The molecule has 0 fully saturated rings. The van der Waals surface area contributed by atoms with E-state index in [4.69, 9.17) is 9.47 Å². The summed E-state index contributed by atoms with van der Waals surface area (Å²) in [6.07, 6.45) is 0. The molecular weight excluding hydrogens is 348 g/mol. The van der Waals surface area contributed by atoms with Crippen LogP contribution in [0.15, 0.2) is 47.6 Å². The van der Waals surface area contributed by atoms with Crippen LogP contribution in [0.3, 0.4) is 0 Å². The number of hydrazone groups is 1. The van der Waals surface area contributed by atoms with Gasteiger partial charge in [0.05, 0.1) is 11.7 Å². The molecule has 27 heavy (non-hydrogen) atoms. The Morgan fingerprint density at radius 3 is 2.33 bits per heavy atom. The van der Waals surface area contributed by atoms with E-state index in [-0.39, 0.29) is 6.61 Å². The van der Waals surface area contributed by atoms with Crippen molar-refractivity contribution < 1.29 is 24.2 Å². The van der Waals surface area contributed by atoms with Crippen molar-refractivity contribution in [2.75, 3.05) is 13.2 Å². The highest BCUT2D eigenvalue weighted by Gasteiger charge is 2.05. The molecule has 0 saturated carbocycles. The van der Waals surface area contributed by atoms with Gasteiger partial charge in [0.1, 0.15) is 18.1 Å². The first-order valence-electron chi connectivity index (χ1n) is 8.31. The highest BCUT2D eigenvalue weighted by Crippen LogP contribution is 2.16. The van der Waals surface area contributed by atoms with Gasteiger partial charge in [-0.15, -0.1) is 0 Å². The largest absolute Gasteiger partial charge is 0.546 e. The molecule has 7 nitrogen and oxygen atoms in total. The number of ether oxygens (including phenoxy) is 2. The first-order chi connectivity index (χ1) is 12.8. The van der Waals surface area contributed by atoms with Crippen LogP contribution in [0.1, 0.15) is 23.6 Å². The molecule has 0 aliphatic rings. The lowest BCUT2D eigenvalue weighted by molar-refractivity contribution is -0.307. The molecule has 0 saturated heterocycles. The first kappa shape index (κ1) is 20.0. The summed E-state index contributed by atoms with van der Waals surface area (Å²) in [5.74, 6) is -0.698. The van der Waals surface area contributed by atoms with Gasteiger partial charge in [-0.3, -0.25) is 4.79 Å². The molecule has 0 bridgehead atoms. The van der Waals surface area contributed by atoms with Crippen LogP contribution in [0.25, 0.3) is 0 Å². The maximum absolute atomic E-state index is 11.9. The number of carboxylic acids is 1. The number of nitrogens with zero attached hydrogens (tertiary/aromatic N) is 1. The van der Waals surface area contributed by atoms with E-state index in [0.717, 1.165) is 11.1 Å². The number of amides is 1. The van der Waals surface area contributed by atoms with E-state index in [0.29, 0.717) is 22.8 Å². The van der Waals surface area contributed by atoms with E-state index < -0.39 is 18.5 Å². The quantitative estimate of drug-likeness (QED) is 0.559. The van der Waals surface area contributed by atoms with E-state index in [9.17, 15) is 14.7 Å². The predicted octanol–water partition coefficient (Wildman–Crippen LogP) is 1.35. The van der Waals surface area contributed by atoms with Crippen molar-refractivity contribution >= 4 is 17.6 Å². The maximum atomic E-state index is 11.9. The maximum Gasteiger partial charge on any atom is 0.277 e. The van der Waals surface area contributed by atoms with E-state index in [1.165, 1.54) is 0 Å². The number of nitrogens with one attached hydrogen (secondary N) is 1. The lowest BCUT2D eigenvalue weighted by atomic mass is 10.1. The lowest BCUT2D eigenvalue weighted by Crippen LogP contribution is -2.29. The van der Waals surface area contributed by atoms with Gasteiger partial charge in [0.2, 0.25) is 0 Å². The SMILES string of the molecule is C/C(=N/NC(=O)COc1cc(C)cc(C)c1)c1cccc(OCC(=O)[O-])c1. The van der Waals surface area contributed by atoms with Crippen molar-refractivity contribution in [3.05, 3.63) is 59.2 Å². The monoisotopic (exact) mass is 369 g/mol. The number of hydrogen-bond donors (Lipinski definition) is 1. The van der Waals surface area contributed by atoms with Gasteiger partial charge in [-0.05, 0) is 56.2 Å². The van der Waals surface area contributed by atoms with Gasteiger partial charge in [0, 0.05) is 5.56 Å². The summed E-state index contributed by atoms with van der Waals surface area (Å²) < 4.78 is 10.5. The zero-order chi connectivity index (χ0) is 19.8. The molecule has 0 spiro atoms. The second-order valence-electron chi connectivity index (χ2n) is 6.03. The third-order valence-electron chi connectivity index (χ3n) is 3.52. The molecule has 2 aromatic rings. The topological polar surface area (TPSA) is 100 Å². The van der Waals surface area contributed by atoms with Gasteiger partial charge in [0.15, 0.2) is 6.61 Å². The molecule has 0 aliphatic carbocycles. The number of aliphatic carboxylic acids is 1. The molecule has 2 rings (SSSR count). The highest BCUT2D eigenvalue weighted by molar-refractivity contribution is 5.99. The molecule has 1 amide bonds. The highest BCUT2D eigenvalue weighted by atomic mass is 16.5. The van der Waals surface area contributed by atoms with Crippen LogP contribution in [-0.2, 0) is 9.59 Å². The van der Waals surface area contributed by atoms with Crippen molar-refractivity contribution in [1.82, 2.24) is 5.43 Å². The number of aryl methyl sites for hydroxylation is 2. The molecule has 1 N–H and O–H groups in total. The van der Waals surface area contributed by atoms with E-state index in [1.807, 2.05) is 32.0 Å². The summed E-state index contributed by atoms with van der Waals surface area (Å²) in [7, 11) is 0. The van der Waals surface area contributed by atoms with E-state index in [1.54, 1.807) is 31.2 Å². The van der Waals surface area contributed by atoms with Gasteiger partial charge in [-0.2, -0.15) is 5.10 Å². The molecule has 0 aliphatic heterocycles. The third-order valence-corrected chi connectivity index (χ3v) is 3.52. The van der Waals surface area contributed by atoms with Crippen LogP contribution in [-0.4, -0.2) is 30.8 Å². The van der Waals surface area contributed by atoms with Gasteiger partial charge in [-0.25, -0.2) is 5.43 Å². The summed E-state index contributed by atoms with van der Waals surface area (Å²) >= 11 is 0. The van der Waals surface area contributed by atoms with Gasteiger partial charge < -0.3 is 19.4 Å². The Morgan fingerprint density at radius 1 is 1.00 bits per heavy atom. The number of hydrogen-bond acceptors (Lipinski definition) is 6. The van der Waals surface area contributed by atoms with Crippen LogP contribution < -0.4 is 20.0 Å². The third kappa shape index (κ3) is 6.81. The number of rotatable bonds is 8. The fourth-order valence-electron chi connectivity index (χ4n) is 2.36. The predicted molar refractivity (Wildman–Crippen MR) is 98.7 cm³/mol. The fraction of sp³-hybridized carbons (Fsp3) is 0.250. The molecule has 0 aromatic heterocycles.